The lowest BCUT2D eigenvalue weighted by Crippen LogP contribution is -2.43. The molecule has 0 spiro atoms. The molecular formula is C20H32F3IN4O3. The molecule has 0 aromatic heterocycles. The maximum absolute atomic E-state index is 12.1. The molecule has 0 saturated carbocycles. The number of guanidine groups is 1. The van der Waals surface area contributed by atoms with Crippen molar-refractivity contribution < 1.29 is 27.4 Å². The number of amides is 1. The zero-order chi connectivity index (χ0) is 22.4. The Morgan fingerprint density at radius 3 is 2.32 bits per heavy atom. The van der Waals surface area contributed by atoms with E-state index in [0.717, 1.165) is 12.0 Å². The summed E-state index contributed by atoms with van der Waals surface area (Å²) in [4.78, 5) is 17.8. The second kappa shape index (κ2) is 16.1. The molecule has 0 saturated heterocycles. The van der Waals surface area contributed by atoms with Gasteiger partial charge in [-0.2, -0.15) is 13.2 Å². The molecule has 1 rings (SSSR count). The molecule has 7 nitrogen and oxygen atoms in total. The smallest absolute Gasteiger partial charge is 0.382 e. The minimum atomic E-state index is -4.33. The maximum Gasteiger partial charge on any atom is 0.411 e. The Bertz CT molecular complexity index is 656. The highest BCUT2D eigenvalue weighted by molar-refractivity contribution is 14.0. The molecule has 0 atom stereocenters. The van der Waals surface area contributed by atoms with Gasteiger partial charge in [0.15, 0.2) is 5.96 Å². The lowest BCUT2D eigenvalue weighted by atomic mass is 10.1. The average Bonchev–Trinajstić information content (AvgIpc) is 2.69. The van der Waals surface area contributed by atoms with Crippen LogP contribution in [-0.2, 0) is 27.4 Å². The first-order chi connectivity index (χ1) is 14.2. The van der Waals surface area contributed by atoms with Crippen molar-refractivity contribution in [3.05, 3.63) is 35.4 Å². The second-order valence-corrected chi connectivity index (χ2v) is 6.71. The number of nitrogens with one attached hydrogen (secondary N) is 2. The van der Waals surface area contributed by atoms with E-state index in [1.165, 1.54) is 4.90 Å². The maximum atomic E-state index is 12.1. The van der Waals surface area contributed by atoms with Gasteiger partial charge in [0.25, 0.3) is 0 Å². The summed E-state index contributed by atoms with van der Waals surface area (Å²) >= 11 is 0. The van der Waals surface area contributed by atoms with Crippen LogP contribution in [-0.4, -0.2) is 69.9 Å². The minimum Gasteiger partial charge on any atom is -0.382 e. The molecule has 11 heteroatoms. The molecule has 0 unspecified atom stereocenters. The molecule has 1 amide bonds. The van der Waals surface area contributed by atoms with Crippen LogP contribution >= 0.6 is 24.0 Å². The topological polar surface area (TPSA) is 75.2 Å². The number of hydrogen-bond donors (Lipinski definition) is 2. The molecule has 1 aromatic rings. The zero-order valence-electron chi connectivity index (χ0n) is 18.1. The number of halogens is 4. The van der Waals surface area contributed by atoms with Gasteiger partial charge in [-0.25, -0.2) is 4.99 Å². The number of carbonyl (C=O) groups is 1. The molecule has 1 aromatic carbocycles. The summed E-state index contributed by atoms with van der Waals surface area (Å²) < 4.78 is 46.3. The normalized spacial score (nSPS) is 11.6. The highest BCUT2D eigenvalue weighted by Gasteiger charge is 2.27. The van der Waals surface area contributed by atoms with E-state index < -0.39 is 12.8 Å². The molecule has 0 bridgehead atoms. The summed E-state index contributed by atoms with van der Waals surface area (Å²) in [7, 11) is 3.35. The van der Waals surface area contributed by atoms with Gasteiger partial charge in [0.05, 0.1) is 19.7 Å². The first kappa shape index (κ1) is 29.4. The van der Waals surface area contributed by atoms with Crippen LogP contribution in [0.1, 0.15) is 24.5 Å². The number of ether oxygens (including phenoxy) is 2. The van der Waals surface area contributed by atoms with Crippen molar-refractivity contribution in [1.29, 1.82) is 0 Å². The first-order valence-electron chi connectivity index (χ1n) is 9.73. The summed E-state index contributed by atoms with van der Waals surface area (Å²) in [6.45, 7) is 2.94. The number of nitrogens with zero attached hydrogens (tertiary/aromatic N) is 2. The fourth-order valence-electron chi connectivity index (χ4n) is 2.21. The predicted molar refractivity (Wildman–Crippen MR) is 125 cm³/mol. The van der Waals surface area contributed by atoms with Gasteiger partial charge in [0.1, 0.15) is 6.61 Å². The third kappa shape index (κ3) is 14.9. The van der Waals surface area contributed by atoms with E-state index >= 15 is 0 Å². The number of carbonyl (C=O) groups excluding carboxylic acids is 1. The van der Waals surface area contributed by atoms with Crippen LogP contribution in [0, 0.1) is 0 Å². The number of alkyl halides is 3. The van der Waals surface area contributed by atoms with Crippen LogP contribution < -0.4 is 10.6 Å². The van der Waals surface area contributed by atoms with Crippen LogP contribution in [0.25, 0.3) is 0 Å². The lowest BCUT2D eigenvalue weighted by molar-refractivity contribution is -0.176. The summed E-state index contributed by atoms with van der Waals surface area (Å²) in [5.41, 5.74) is 1.53. The number of likely N-dealkylation sites (N-methyl/N-ethyl adjacent to an activating group) is 1. The lowest BCUT2D eigenvalue weighted by Gasteiger charge is -2.15. The fraction of sp³-hybridized carbons (Fsp3) is 0.600. The molecule has 0 radical (unpaired) electrons. The van der Waals surface area contributed by atoms with Gasteiger partial charge in [-0.3, -0.25) is 4.79 Å². The Labute approximate surface area is 198 Å². The molecule has 2 N–H and O–H groups in total. The van der Waals surface area contributed by atoms with E-state index in [2.05, 4.69) is 20.4 Å². The van der Waals surface area contributed by atoms with E-state index in [1.54, 1.807) is 38.4 Å². The number of aliphatic imine (C=N–C) groups is 1. The number of hydrogen-bond acceptors (Lipinski definition) is 4. The Morgan fingerprint density at radius 1 is 1.10 bits per heavy atom. The summed E-state index contributed by atoms with van der Waals surface area (Å²) in [5.74, 6) is 0.418. The number of benzene rings is 1. The molecule has 31 heavy (non-hydrogen) atoms. The van der Waals surface area contributed by atoms with Crippen LogP contribution in [0.5, 0.6) is 0 Å². The van der Waals surface area contributed by atoms with Gasteiger partial charge < -0.3 is 25.0 Å². The van der Waals surface area contributed by atoms with Crippen LogP contribution in [0.3, 0.4) is 0 Å². The van der Waals surface area contributed by atoms with E-state index in [-0.39, 0.29) is 43.0 Å². The first-order valence-corrected chi connectivity index (χ1v) is 9.73. The van der Waals surface area contributed by atoms with Gasteiger partial charge in [0.2, 0.25) is 5.91 Å². The van der Waals surface area contributed by atoms with E-state index in [4.69, 9.17) is 4.74 Å². The molecular weight excluding hydrogens is 528 g/mol. The zero-order valence-corrected chi connectivity index (χ0v) is 20.5. The average molecular weight is 560 g/mol. The summed E-state index contributed by atoms with van der Waals surface area (Å²) in [5, 5.41) is 6.15. The molecule has 0 heterocycles. The van der Waals surface area contributed by atoms with Gasteiger partial charge in [-0.05, 0) is 24.5 Å². The Balaban J connectivity index is 0.00000900. The molecule has 0 fully saturated rings. The van der Waals surface area contributed by atoms with Crippen molar-refractivity contribution in [2.45, 2.75) is 32.7 Å². The monoisotopic (exact) mass is 560 g/mol. The molecule has 0 aliphatic rings. The van der Waals surface area contributed by atoms with Gasteiger partial charge >= 0.3 is 6.18 Å². The SMILES string of the molecule is CCOCCCNC(=NCc1ccc(COCC(F)(F)F)cc1)NCC(=O)N(C)C.I. The van der Waals surface area contributed by atoms with E-state index in [9.17, 15) is 18.0 Å². The number of rotatable bonds is 12. The quantitative estimate of drug-likeness (QED) is 0.178. The second-order valence-electron chi connectivity index (χ2n) is 6.71. The third-order valence-electron chi connectivity index (χ3n) is 3.85. The Hall–Kier alpha value is -1.60. The van der Waals surface area contributed by atoms with E-state index in [0.29, 0.717) is 37.8 Å². The van der Waals surface area contributed by atoms with Crippen molar-refractivity contribution in [3.63, 3.8) is 0 Å². The van der Waals surface area contributed by atoms with Crippen LogP contribution in [0.4, 0.5) is 13.2 Å². The Morgan fingerprint density at radius 2 is 1.74 bits per heavy atom. The van der Waals surface area contributed by atoms with E-state index in [1.807, 2.05) is 6.92 Å². The third-order valence-corrected chi connectivity index (χ3v) is 3.85. The van der Waals surface area contributed by atoms with Gasteiger partial charge in [-0.1, -0.05) is 24.3 Å². The predicted octanol–water partition coefficient (Wildman–Crippen LogP) is 2.93. The highest BCUT2D eigenvalue weighted by Crippen LogP contribution is 2.16. The summed E-state index contributed by atoms with van der Waals surface area (Å²) in [6.07, 6.45) is -3.54. The van der Waals surface area contributed by atoms with Gasteiger partial charge in [-0.15, -0.1) is 24.0 Å². The summed E-state index contributed by atoms with van der Waals surface area (Å²) in [6, 6.07) is 6.99. The minimum absolute atomic E-state index is 0. The molecule has 178 valence electrons. The molecule has 0 aliphatic carbocycles. The van der Waals surface area contributed by atoms with Crippen molar-refractivity contribution in [3.8, 4) is 0 Å². The highest BCUT2D eigenvalue weighted by atomic mass is 127. The van der Waals surface area contributed by atoms with Crippen molar-refractivity contribution in [2.75, 3.05) is 47.0 Å². The fourth-order valence-corrected chi connectivity index (χ4v) is 2.21. The largest absolute Gasteiger partial charge is 0.411 e. The van der Waals surface area contributed by atoms with Crippen molar-refractivity contribution in [1.82, 2.24) is 15.5 Å². The van der Waals surface area contributed by atoms with Crippen LogP contribution in [0.2, 0.25) is 0 Å². The van der Waals surface area contributed by atoms with Crippen molar-refractivity contribution >= 4 is 35.8 Å². The standard InChI is InChI=1S/C20H31F3N4O3.HI/c1-4-29-11-5-10-24-19(26-13-18(28)27(2)3)25-12-16-6-8-17(9-7-16)14-30-15-20(21,22)23;/h6-9H,4-5,10-15H2,1-3H3,(H2,24,25,26);1H. The van der Waals surface area contributed by atoms with Crippen molar-refractivity contribution in [2.24, 2.45) is 4.99 Å². The van der Waals surface area contributed by atoms with Crippen LogP contribution in [0.15, 0.2) is 29.3 Å². The van der Waals surface area contributed by atoms with Gasteiger partial charge in [0, 0.05) is 33.9 Å². The Kier molecular flexibility index (Phi) is 15.3. The molecule has 0 aliphatic heterocycles.